The van der Waals surface area contributed by atoms with Crippen molar-refractivity contribution in [3.05, 3.63) is 0 Å². The van der Waals surface area contributed by atoms with Crippen molar-refractivity contribution in [2.75, 3.05) is 13.7 Å². The van der Waals surface area contributed by atoms with Crippen molar-refractivity contribution in [2.24, 2.45) is 0 Å². The minimum Gasteiger partial charge on any atom is -0.726 e. The fraction of sp³-hybridized carbons (Fsp3) is 0.889. The fourth-order valence-electron chi connectivity index (χ4n) is 1.28. The van der Waals surface area contributed by atoms with Gasteiger partial charge < -0.3 is 19.7 Å². The molecule has 0 aliphatic heterocycles. The van der Waals surface area contributed by atoms with Crippen LogP contribution in [0.4, 0.5) is 0 Å². The Balaban J connectivity index is 4.23. The van der Waals surface area contributed by atoms with Crippen molar-refractivity contribution < 1.29 is 31.8 Å². The first-order valence-corrected chi connectivity index (χ1v) is 6.57. The maximum Gasteiger partial charge on any atom is 0.217 e. The Morgan fingerprint density at radius 1 is 1.50 bits per heavy atom. The van der Waals surface area contributed by atoms with Gasteiger partial charge in [0, 0.05) is 20.5 Å². The van der Waals surface area contributed by atoms with Crippen LogP contribution in [-0.4, -0.2) is 56.0 Å². The van der Waals surface area contributed by atoms with Gasteiger partial charge in [-0.3, -0.25) is 8.98 Å². The van der Waals surface area contributed by atoms with Gasteiger partial charge in [0.05, 0.1) is 24.9 Å². The van der Waals surface area contributed by atoms with E-state index < -0.39 is 35.3 Å². The highest BCUT2D eigenvalue weighted by atomic mass is 32.3. The van der Waals surface area contributed by atoms with Crippen LogP contribution >= 0.6 is 0 Å². The molecule has 108 valence electrons. The van der Waals surface area contributed by atoms with E-state index in [0.29, 0.717) is 0 Å². The summed E-state index contributed by atoms with van der Waals surface area (Å²) in [5, 5.41) is 12.2. The number of hydrogen-bond acceptors (Lipinski definition) is 7. The fourth-order valence-corrected chi connectivity index (χ4v) is 1.60. The van der Waals surface area contributed by atoms with Crippen LogP contribution in [0.5, 0.6) is 0 Å². The Morgan fingerprint density at radius 2 is 2.06 bits per heavy atom. The van der Waals surface area contributed by atoms with Crippen molar-refractivity contribution >= 4 is 16.3 Å². The number of aliphatic hydroxyl groups excluding tert-OH is 1. The molecule has 0 aromatic carbocycles. The van der Waals surface area contributed by atoms with Crippen LogP contribution in [-0.2, 0) is 24.1 Å². The molecule has 0 saturated heterocycles. The largest absolute Gasteiger partial charge is 0.726 e. The summed E-state index contributed by atoms with van der Waals surface area (Å²) in [7, 11) is -3.49. The lowest BCUT2D eigenvalue weighted by Crippen LogP contribution is -2.42. The molecule has 2 unspecified atom stereocenters. The molecule has 0 heterocycles. The third-order valence-corrected chi connectivity index (χ3v) is 2.67. The van der Waals surface area contributed by atoms with E-state index in [0.717, 1.165) is 0 Å². The molecule has 0 aliphatic carbocycles. The summed E-state index contributed by atoms with van der Waals surface area (Å²) < 4.78 is 39.7. The first-order chi connectivity index (χ1) is 8.15. The molecular weight excluding hydrogens is 266 g/mol. The highest BCUT2D eigenvalue weighted by Gasteiger charge is 2.21. The maximum atomic E-state index is 10.8. The smallest absolute Gasteiger partial charge is 0.217 e. The molecule has 8 nitrogen and oxygen atoms in total. The van der Waals surface area contributed by atoms with E-state index in [9.17, 15) is 22.9 Å². The molecule has 0 aromatic rings. The highest BCUT2D eigenvalue weighted by Crippen LogP contribution is 2.07. The number of ether oxygens (including phenoxy) is 1. The molecule has 1 amide bonds. The van der Waals surface area contributed by atoms with E-state index in [2.05, 4.69) is 9.50 Å². The van der Waals surface area contributed by atoms with Gasteiger partial charge in [0.1, 0.15) is 0 Å². The molecule has 0 bridgehead atoms. The first kappa shape index (κ1) is 17.3. The quantitative estimate of drug-likeness (QED) is 0.421. The summed E-state index contributed by atoms with van der Waals surface area (Å²) in [5.74, 6) is -0.297. The van der Waals surface area contributed by atoms with Crippen LogP contribution < -0.4 is 5.32 Å². The van der Waals surface area contributed by atoms with Gasteiger partial charge in [0.2, 0.25) is 16.3 Å². The lowest BCUT2D eigenvalue weighted by Gasteiger charge is -2.24. The van der Waals surface area contributed by atoms with Crippen molar-refractivity contribution in [3.8, 4) is 0 Å². The Kier molecular flexibility index (Phi) is 7.33. The van der Waals surface area contributed by atoms with Gasteiger partial charge in [0.25, 0.3) is 0 Å². The van der Waals surface area contributed by atoms with Gasteiger partial charge in [0.15, 0.2) is 0 Å². The number of methoxy groups -OCH3 is 1. The summed E-state index contributed by atoms with van der Waals surface area (Å²) in [4.78, 5) is 10.8. The minimum absolute atomic E-state index is 0.0213. The number of nitrogens with one attached hydrogen (secondary N) is 1. The number of carbonyl (C=O) groups excluding carboxylic acids is 1. The Morgan fingerprint density at radius 3 is 2.44 bits per heavy atom. The minimum atomic E-state index is -4.79. The average Bonchev–Trinajstić information content (AvgIpc) is 2.21. The lowest BCUT2D eigenvalue weighted by molar-refractivity contribution is -0.120. The summed E-state index contributed by atoms with van der Waals surface area (Å²) >= 11 is 0. The second-order valence-electron chi connectivity index (χ2n) is 3.84. The molecule has 2 N–H and O–H groups in total. The second kappa shape index (κ2) is 7.64. The Bertz CT molecular complexity index is 356. The van der Waals surface area contributed by atoms with E-state index >= 15 is 0 Å². The monoisotopic (exact) mass is 284 g/mol. The van der Waals surface area contributed by atoms with Gasteiger partial charge in [-0.1, -0.05) is 0 Å². The number of amides is 1. The molecule has 0 saturated carbocycles. The summed E-state index contributed by atoms with van der Waals surface area (Å²) in [6.07, 6.45) is -1.69. The topological polar surface area (TPSA) is 125 Å². The first-order valence-electron chi connectivity index (χ1n) is 5.24. The summed E-state index contributed by atoms with van der Waals surface area (Å²) in [6, 6.07) is -0.524. The van der Waals surface area contributed by atoms with E-state index in [4.69, 9.17) is 4.74 Å². The molecule has 0 aromatic heterocycles. The van der Waals surface area contributed by atoms with Crippen LogP contribution in [0.15, 0.2) is 0 Å². The van der Waals surface area contributed by atoms with E-state index in [-0.39, 0.29) is 12.3 Å². The van der Waals surface area contributed by atoms with Crippen molar-refractivity contribution in [1.29, 1.82) is 0 Å². The third-order valence-electron chi connectivity index (χ3n) is 2.24. The zero-order valence-electron chi connectivity index (χ0n) is 10.5. The zero-order valence-corrected chi connectivity index (χ0v) is 11.3. The molecule has 0 aliphatic rings. The van der Waals surface area contributed by atoms with E-state index in [1.54, 1.807) is 6.92 Å². The molecule has 0 rings (SSSR count). The van der Waals surface area contributed by atoms with E-state index in [1.807, 2.05) is 0 Å². The third kappa shape index (κ3) is 8.37. The van der Waals surface area contributed by atoms with Gasteiger partial charge in [-0.05, 0) is 6.92 Å². The number of carbonyl (C=O) groups is 1. The normalized spacial score (nSPS) is 16.9. The maximum absolute atomic E-state index is 10.8. The van der Waals surface area contributed by atoms with Crippen LogP contribution in [0.25, 0.3) is 0 Å². The van der Waals surface area contributed by atoms with Gasteiger partial charge >= 0.3 is 0 Å². The van der Waals surface area contributed by atoms with Gasteiger partial charge in [-0.15, -0.1) is 0 Å². The molecular formula is C9H18NO7S-. The van der Waals surface area contributed by atoms with Crippen LogP contribution in [0.1, 0.15) is 20.3 Å². The number of aliphatic hydroxyl groups is 1. The predicted molar refractivity (Wildman–Crippen MR) is 60.3 cm³/mol. The SMILES string of the molecule is COC(COS(=O)(=O)[O-])C[C@@H](O)C(C)NC(C)=O. The van der Waals surface area contributed by atoms with Crippen LogP contribution in [0.2, 0.25) is 0 Å². The van der Waals surface area contributed by atoms with Gasteiger partial charge in [-0.2, -0.15) is 0 Å². The summed E-state index contributed by atoms with van der Waals surface area (Å²) in [6.45, 7) is 2.42. The van der Waals surface area contributed by atoms with Crippen LogP contribution in [0, 0.1) is 0 Å². The highest BCUT2D eigenvalue weighted by molar-refractivity contribution is 7.80. The molecule has 0 radical (unpaired) electrons. The second-order valence-corrected chi connectivity index (χ2v) is 4.89. The standard InChI is InChI=1S/C9H19NO7S/c1-6(10-7(2)11)9(12)4-8(16-3)5-17-18(13,14)15/h6,8-9,12H,4-5H2,1-3H3,(H,10,11)(H,13,14,15)/p-1/t6?,8?,9-/m1/s1. The van der Waals surface area contributed by atoms with Crippen molar-refractivity contribution in [3.63, 3.8) is 0 Å². The zero-order chi connectivity index (χ0) is 14.3. The predicted octanol–water partition coefficient (Wildman–Crippen LogP) is -1.25. The molecule has 0 spiro atoms. The molecule has 3 atom stereocenters. The van der Waals surface area contributed by atoms with Crippen LogP contribution in [0.3, 0.4) is 0 Å². The van der Waals surface area contributed by atoms with Crippen molar-refractivity contribution in [1.82, 2.24) is 5.32 Å². The average molecular weight is 284 g/mol. The number of rotatable bonds is 8. The molecule has 18 heavy (non-hydrogen) atoms. The lowest BCUT2D eigenvalue weighted by atomic mass is 10.1. The summed E-state index contributed by atoms with van der Waals surface area (Å²) in [5.41, 5.74) is 0. The molecule has 0 fully saturated rings. The van der Waals surface area contributed by atoms with E-state index in [1.165, 1.54) is 14.0 Å². The Labute approximate surface area is 106 Å². The Hall–Kier alpha value is -0.740. The van der Waals surface area contributed by atoms with Crippen molar-refractivity contribution in [2.45, 2.75) is 38.5 Å². The number of hydrogen-bond donors (Lipinski definition) is 2. The van der Waals surface area contributed by atoms with Gasteiger partial charge in [-0.25, -0.2) is 8.42 Å². The molecule has 9 heteroatoms.